The molecule has 184 valence electrons. The van der Waals surface area contributed by atoms with Gasteiger partial charge in [-0.2, -0.15) is 0 Å². The molecule has 1 atom stereocenters. The number of anilines is 4. The highest BCUT2D eigenvalue weighted by molar-refractivity contribution is 5.92. The number of nitrogens with one attached hydrogen (secondary N) is 1. The molecular formula is C25H35N5O4. The van der Waals surface area contributed by atoms with Crippen LogP contribution in [0.15, 0.2) is 42.5 Å². The average Bonchev–Trinajstić information content (AvgIpc) is 2.84. The van der Waals surface area contributed by atoms with Crippen molar-refractivity contribution in [3.8, 4) is 0 Å². The van der Waals surface area contributed by atoms with E-state index in [1.54, 1.807) is 18.2 Å². The number of carbonyl (C=O) groups is 2. The zero-order chi connectivity index (χ0) is 24.7. The van der Waals surface area contributed by atoms with Gasteiger partial charge in [0.25, 0.3) is 0 Å². The van der Waals surface area contributed by atoms with Crippen molar-refractivity contribution in [1.29, 1.82) is 0 Å². The van der Waals surface area contributed by atoms with Crippen molar-refractivity contribution in [2.75, 3.05) is 61.9 Å². The molecule has 0 spiro atoms. The van der Waals surface area contributed by atoms with E-state index in [0.717, 1.165) is 17.9 Å². The SMILES string of the molecule is CCN(CC)C(=O)N1CCN(c2cccc(Nc3ccc(C(=O)OCCO)cc3N)c2)C(C)C1. The molecule has 2 aromatic rings. The van der Waals surface area contributed by atoms with Crippen LogP contribution in [0.2, 0.25) is 0 Å². The third-order valence-electron chi connectivity index (χ3n) is 6.00. The van der Waals surface area contributed by atoms with Crippen LogP contribution in [0.1, 0.15) is 31.1 Å². The summed E-state index contributed by atoms with van der Waals surface area (Å²) >= 11 is 0. The molecule has 0 bridgehead atoms. The summed E-state index contributed by atoms with van der Waals surface area (Å²) in [6, 6.07) is 13.3. The topological polar surface area (TPSA) is 111 Å². The average molecular weight is 470 g/mol. The summed E-state index contributed by atoms with van der Waals surface area (Å²) in [6.45, 7) is 9.40. The second-order valence-corrected chi connectivity index (χ2v) is 8.28. The molecule has 2 aromatic carbocycles. The third kappa shape index (κ3) is 5.91. The summed E-state index contributed by atoms with van der Waals surface area (Å²) in [5.41, 5.74) is 9.52. The van der Waals surface area contributed by atoms with Gasteiger partial charge in [0.15, 0.2) is 0 Å². The number of aliphatic hydroxyl groups is 1. The minimum absolute atomic E-state index is 0.0537. The lowest BCUT2D eigenvalue weighted by Gasteiger charge is -2.42. The van der Waals surface area contributed by atoms with Crippen LogP contribution in [0.25, 0.3) is 0 Å². The Hall–Kier alpha value is -3.46. The lowest BCUT2D eigenvalue weighted by atomic mass is 10.1. The minimum Gasteiger partial charge on any atom is -0.460 e. The second kappa shape index (κ2) is 11.6. The molecule has 1 aliphatic heterocycles. The minimum atomic E-state index is -0.526. The number of piperazine rings is 1. The molecule has 1 aliphatic rings. The van der Waals surface area contributed by atoms with Crippen LogP contribution in [-0.4, -0.2) is 78.9 Å². The Kier molecular flexibility index (Phi) is 8.59. The van der Waals surface area contributed by atoms with Gasteiger partial charge in [-0.15, -0.1) is 0 Å². The van der Waals surface area contributed by atoms with Crippen LogP contribution in [0.4, 0.5) is 27.5 Å². The van der Waals surface area contributed by atoms with E-state index in [4.69, 9.17) is 15.6 Å². The van der Waals surface area contributed by atoms with E-state index in [1.165, 1.54) is 0 Å². The molecule has 9 nitrogen and oxygen atoms in total. The number of carbonyl (C=O) groups excluding carboxylic acids is 2. The van der Waals surface area contributed by atoms with Gasteiger partial charge in [0.05, 0.1) is 23.5 Å². The van der Waals surface area contributed by atoms with E-state index in [0.29, 0.717) is 43.1 Å². The van der Waals surface area contributed by atoms with E-state index < -0.39 is 5.97 Å². The van der Waals surface area contributed by atoms with Gasteiger partial charge in [0.2, 0.25) is 0 Å². The fraction of sp³-hybridized carbons (Fsp3) is 0.440. The fourth-order valence-corrected chi connectivity index (χ4v) is 4.15. The first-order valence-corrected chi connectivity index (χ1v) is 11.7. The van der Waals surface area contributed by atoms with Gasteiger partial charge in [0, 0.05) is 50.1 Å². The summed E-state index contributed by atoms with van der Waals surface area (Å²) in [6.07, 6.45) is 0. The number of urea groups is 1. The van der Waals surface area contributed by atoms with Gasteiger partial charge in [-0.3, -0.25) is 0 Å². The molecule has 1 saturated heterocycles. The maximum Gasteiger partial charge on any atom is 0.338 e. The largest absolute Gasteiger partial charge is 0.460 e. The smallest absolute Gasteiger partial charge is 0.338 e. The maximum atomic E-state index is 12.7. The number of hydrogen-bond acceptors (Lipinski definition) is 7. The van der Waals surface area contributed by atoms with Gasteiger partial charge in [-0.05, 0) is 57.2 Å². The highest BCUT2D eigenvalue weighted by Crippen LogP contribution is 2.29. The van der Waals surface area contributed by atoms with Crippen LogP contribution in [0.5, 0.6) is 0 Å². The Bertz CT molecular complexity index is 995. The molecular weight excluding hydrogens is 434 g/mol. The van der Waals surface area contributed by atoms with Gasteiger partial charge in [0.1, 0.15) is 6.61 Å². The second-order valence-electron chi connectivity index (χ2n) is 8.28. The quantitative estimate of drug-likeness (QED) is 0.402. The van der Waals surface area contributed by atoms with Crippen molar-refractivity contribution >= 4 is 34.7 Å². The van der Waals surface area contributed by atoms with Gasteiger partial charge in [-0.25, -0.2) is 9.59 Å². The van der Waals surface area contributed by atoms with E-state index in [-0.39, 0.29) is 25.3 Å². The van der Waals surface area contributed by atoms with Crippen molar-refractivity contribution < 1.29 is 19.4 Å². The molecule has 1 unspecified atom stereocenters. The number of amides is 2. The molecule has 0 aromatic heterocycles. The third-order valence-corrected chi connectivity index (χ3v) is 6.00. The monoisotopic (exact) mass is 469 g/mol. The van der Waals surface area contributed by atoms with Crippen LogP contribution >= 0.6 is 0 Å². The standard InChI is InChI=1S/C25H35N5O4/c1-4-28(5-2)25(33)29-11-12-30(18(3)17-29)21-8-6-7-20(16-21)27-23-10-9-19(15-22(23)26)24(32)34-14-13-31/h6-10,15-16,18,27,31H,4-5,11-14,17,26H2,1-3H3. The highest BCUT2D eigenvalue weighted by atomic mass is 16.5. The Morgan fingerprint density at radius 1 is 1.18 bits per heavy atom. The van der Waals surface area contributed by atoms with E-state index in [2.05, 4.69) is 29.3 Å². The zero-order valence-corrected chi connectivity index (χ0v) is 20.2. The van der Waals surface area contributed by atoms with Crippen LogP contribution in [0.3, 0.4) is 0 Å². The Labute approximate surface area is 201 Å². The predicted octanol–water partition coefficient (Wildman–Crippen LogP) is 3.13. The molecule has 1 heterocycles. The van der Waals surface area contributed by atoms with Gasteiger partial charge >= 0.3 is 12.0 Å². The number of nitrogen functional groups attached to an aromatic ring is 1. The van der Waals surface area contributed by atoms with E-state index in [9.17, 15) is 9.59 Å². The zero-order valence-electron chi connectivity index (χ0n) is 20.2. The Balaban J connectivity index is 1.68. The molecule has 0 aliphatic carbocycles. The normalized spacial score (nSPS) is 15.7. The number of benzene rings is 2. The Morgan fingerprint density at radius 3 is 2.59 bits per heavy atom. The lowest BCUT2D eigenvalue weighted by molar-refractivity contribution is 0.0434. The first-order valence-electron chi connectivity index (χ1n) is 11.7. The molecule has 0 saturated carbocycles. The number of ether oxygens (including phenoxy) is 1. The van der Waals surface area contributed by atoms with Crippen LogP contribution < -0.4 is 16.0 Å². The fourth-order valence-electron chi connectivity index (χ4n) is 4.15. The van der Waals surface area contributed by atoms with Gasteiger partial charge in [-0.1, -0.05) is 6.07 Å². The van der Waals surface area contributed by atoms with Crippen molar-refractivity contribution in [3.63, 3.8) is 0 Å². The molecule has 34 heavy (non-hydrogen) atoms. The van der Waals surface area contributed by atoms with Crippen molar-refractivity contribution in [2.45, 2.75) is 26.8 Å². The maximum absolute atomic E-state index is 12.7. The van der Waals surface area contributed by atoms with Crippen molar-refractivity contribution in [3.05, 3.63) is 48.0 Å². The summed E-state index contributed by atoms with van der Waals surface area (Å²) in [5, 5.41) is 12.1. The molecule has 4 N–H and O–H groups in total. The molecule has 9 heteroatoms. The number of hydrogen-bond donors (Lipinski definition) is 3. The number of rotatable bonds is 8. The van der Waals surface area contributed by atoms with Crippen molar-refractivity contribution in [1.82, 2.24) is 9.80 Å². The lowest BCUT2D eigenvalue weighted by Crippen LogP contribution is -2.56. The Morgan fingerprint density at radius 2 is 1.94 bits per heavy atom. The number of nitrogens with zero attached hydrogens (tertiary/aromatic N) is 3. The van der Waals surface area contributed by atoms with Crippen molar-refractivity contribution in [2.24, 2.45) is 0 Å². The molecule has 0 radical (unpaired) electrons. The number of nitrogens with two attached hydrogens (primary N) is 1. The van der Waals surface area contributed by atoms with Crippen LogP contribution in [0, 0.1) is 0 Å². The molecule has 2 amide bonds. The number of esters is 1. The van der Waals surface area contributed by atoms with E-state index in [1.807, 2.05) is 35.8 Å². The molecule has 1 fully saturated rings. The summed E-state index contributed by atoms with van der Waals surface area (Å²) in [4.78, 5) is 30.8. The first kappa shape index (κ1) is 25.2. The van der Waals surface area contributed by atoms with Gasteiger partial charge < -0.3 is 35.6 Å². The highest BCUT2D eigenvalue weighted by Gasteiger charge is 2.28. The van der Waals surface area contributed by atoms with E-state index >= 15 is 0 Å². The summed E-state index contributed by atoms with van der Waals surface area (Å²) in [7, 11) is 0. The predicted molar refractivity (Wildman–Crippen MR) is 135 cm³/mol. The summed E-state index contributed by atoms with van der Waals surface area (Å²) < 4.78 is 4.93. The van der Waals surface area contributed by atoms with Crippen LogP contribution in [-0.2, 0) is 4.74 Å². The first-order chi connectivity index (χ1) is 16.4. The number of aliphatic hydroxyl groups excluding tert-OH is 1. The summed E-state index contributed by atoms with van der Waals surface area (Å²) in [5.74, 6) is -0.526. The molecule has 3 rings (SSSR count).